The largest absolute Gasteiger partial charge is 0.391 e. The minimum Gasteiger partial charge on any atom is -0.391 e. The van der Waals surface area contributed by atoms with E-state index in [1.165, 1.54) is 17.3 Å². The SMILES string of the molecule is Cc1ccc(-n2nnnc2SC[C@@H](O)CN2CCOCC2)cc1. The van der Waals surface area contributed by atoms with E-state index in [1.54, 1.807) is 4.68 Å². The lowest BCUT2D eigenvalue weighted by atomic mass is 10.2. The van der Waals surface area contributed by atoms with E-state index in [-0.39, 0.29) is 0 Å². The molecular weight excluding hydrogens is 314 g/mol. The second-order valence-corrected chi connectivity index (χ2v) is 6.57. The lowest BCUT2D eigenvalue weighted by molar-refractivity contribution is 0.0188. The number of hydrogen-bond acceptors (Lipinski definition) is 7. The number of hydrogen-bond donors (Lipinski definition) is 1. The van der Waals surface area contributed by atoms with Crippen molar-refractivity contribution in [2.24, 2.45) is 0 Å². The average Bonchev–Trinajstić information content (AvgIpc) is 3.03. The summed E-state index contributed by atoms with van der Waals surface area (Å²) in [4.78, 5) is 2.22. The molecule has 2 heterocycles. The van der Waals surface area contributed by atoms with Gasteiger partial charge < -0.3 is 9.84 Å². The highest BCUT2D eigenvalue weighted by Crippen LogP contribution is 2.19. The third-order valence-corrected chi connectivity index (χ3v) is 4.76. The van der Waals surface area contributed by atoms with Gasteiger partial charge in [0.05, 0.1) is 25.0 Å². The van der Waals surface area contributed by atoms with Crippen LogP contribution in [0.2, 0.25) is 0 Å². The zero-order valence-electron chi connectivity index (χ0n) is 13.1. The summed E-state index contributed by atoms with van der Waals surface area (Å²) in [6, 6.07) is 8.03. The number of nitrogens with zero attached hydrogens (tertiary/aromatic N) is 5. The number of ether oxygens (including phenoxy) is 1. The number of aliphatic hydroxyl groups excluding tert-OH is 1. The zero-order chi connectivity index (χ0) is 16.1. The smallest absolute Gasteiger partial charge is 0.214 e. The average molecular weight is 335 g/mol. The lowest BCUT2D eigenvalue weighted by Crippen LogP contribution is -2.41. The van der Waals surface area contributed by atoms with Gasteiger partial charge in [0.15, 0.2) is 0 Å². The molecule has 0 radical (unpaired) electrons. The number of aromatic nitrogens is 4. The Morgan fingerprint density at radius 3 is 2.74 bits per heavy atom. The van der Waals surface area contributed by atoms with Crippen molar-refractivity contribution < 1.29 is 9.84 Å². The molecule has 0 unspecified atom stereocenters. The summed E-state index contributed by atoms with van der Waals surface area (Å²) < 4.78 is 7.01. The molecule has 0 saturated carbocycles. The van der Waals surface area contributed by atoms with Gasteiger partial charge >= 0.3 is 0 Å². The van der Waals surface area contributed by atoms with Gasteiger partial charge in [-0.05, 0) is 29.5 Å². The molecule has 0 spiro atoms. The first-order valence-corrected chi connectivity index (χ1v) is 8.67. The van der Waals surface area contributed by atoms with Crippen LogP contribution in [0, 0.1) is 6.92 Å². The topological polar surface area (TPSA) is 76.3 Å². The second-order valence-electron chi connectivity index (χ2n) is 5.59. The maximum absolute atomic E-state index is 10.2. The van der Waals surface area contributed by atoms with Crippen molar-refractivity contribution in [1.29, 1.82) is 0 Å². The fraction of sp³-hybridized carbons (Fsp3) is 0.533. The molecule has 3 rings (SSSR count). The summed E-state index contributed by atoms with van der Waals surface area (Å²) in [6.07, 6.45) is -0.415. The van der Waals surface area contributed by atoms with Crippen LogP contribution in [0.3, 0.4) is 0 Å². The molecule has 2 aromatic rings. The van der Waals surface area contributed by atoms with Crippen molar-refractivity contribution in [2.75, 3.05) is 38.6 Å². The zero-order valence-corrected chi connectivity index (χ0v) is 13.9. The molecule has 1 N–H and O–H groups in total. The first-order valence-electron chi connectivity index (χ1n) is 7.69. The molecule has 1 aliphatic heterocycles. The summed E-state index contributed by atoms with van der Waals surface area (Å²) in [5, 5.41) is 22.7. The van der Waals surface area contributed by atoms with Gasteiger partial charge in [-0.2, -0.15) is 4.68 Å². The fourth-order valence-corrected chi connectivity index (χ4v) is 3.23. The van der Waals surface area contributed by atoms with Crippen molar-refractivity contribution >= 4 is 11.8 Å². The van der Waals surface area contributed by atoms with Gasteiger partial charge in [0.1, 0.15) is 0 Å². The predicted molar refractivity (Wildman–Crippen MR) is 87.9 cm³/mol. The number of aliphatic hydroxyl groups is 1. The molecule has 1 aliphatic rings. The molecule has 23 heavy (non-hydrogen) atoms. The van der Waals surface area contributed by atoms with Crippen molar-refractivity contribution in [1.82, 2.24) is 25.1 Å². The lowest BCUT2D eigenvalue weighted by Gasteiger charge is -2.28. The summed E-state index contributed by atoms with van der Waals surface area (Å²) in [7, 11) is 0. The van der Waals surface area contributed by atoms with E-state index in [0.29, 0.717) is 17.5 Å². The monoisotopic (exact) mass is 335 g/mol. The summed E-state index contributed by atoms with van der Waals surface area (Å²) in [5.74, 6) is 0.559. The van der Waals surface area contributed by atoms with E-state index in [4.69, 9.17) is 4.74 Å². The van der Waals surface area contributed by atoms with E-state index in [1.807, 2.05) is 31.2 Å². The van der Waals surface area contributed by atoms with E-state index in [0.717, 1.165) is 32.0 Å². The number of aryl methyl sites for hydroxylation is 1. The third-order valence-electron chi connectivity index (χ3n) is 3.70. The van der Waals surface area contributed by atoms with Crippen LogP contribution in [0.15, 0.2) is 29.4 Å². The molecule has 7 nitrogen and oxygen atoms in total. The van der Waals surface area contributed by atoms with Crippen LogP contribution < -0.4 is 0 Å². The van der Waals surface area contributed by atoms with Gasteiger partial charge in [-0.15, -0.1) is 5.10 Å². The highest BCUT2D eigenvalue weighted by molar-refractivity contribution is 7.99. The van der Waals surface area contributed by atoms with Crippen molar-refractivity contribution in [3.05, 3.63) is 29.8 Å². The predicted octanol–water partition coefficient (Wildman–Crippen LogP) is 0.756. The summed E-state index contributed by atoms with van der Waals surface area (Å²) in [5.41, 5.74) is 2.11. The van der Waals surface area contributed by atoms with Crippen LogP contribution >= 0.6 is 11.8 Å². The summed E-state index contributed by atoms with van der Waals surface area (Å²) >= 11 is 1.47. The van der Waals surface area contributed by atoms with Crippen molar-refractivity contribution in [3.63, 3.8) is 0 Å². The molecule has 124 valence electrons. The minimum absolute atomic E-state index is 0.415. The third kappa shape index (κ3) is 4.51. The molecule has 0 aliphatic carbocycles. The van der Waals surface area contributed by atoms with Crippen LogP contribution in [-0.2, 0) is 4.74 Å². The Labute approximate surface area is 139 Å². The van der Waals surface area contributed by atoms with Crippen molar-refractivity contribution in [3.8, 4) is 5.69 Å². The Kier molecular flexibility index (Phi) is 5.60. The number of benzene rings is 1. The molecule has 1 aromatic carbocycles. The van der Waals surface area contributed by atoms with Crippen molar-refractivity contribution in [2.45, 2.75) is 18.2 Å². The first kappa shape index (κ1) is 16.4. The Balaban J connectivity index is 1.56. The maximum Gasteiger partial charge on any atom is 0.214 e. The van der Waals surface area contributed by atoms with Gasteiger partial charge in [0.25, 0.3) is 0 Å². The molecular formula is C15H21N5O2S. The standard InChI is InChI=1S/C15H21N5O2S/c1-12-2-4-13(5-3-12)20-15(16-17-18-20)23-11-14(21)10-19-6-8-22-9-7-19/h2-5,14,21H,6-11H2,1H3/t14-/m0/s1. The molecule has 1 aromatic heterocycles. The second kappa shape index (κ2) is 7.87. The number of β-amino-alcohol motifs (C(OH)–C–C–N with tert-alkyl or cyclic N) is 1. The van der Waals surface area contributed by atoms with Crippen LogP contribution in [0.1, 0.15) is 5.56 Å². The number of morpholine rings is 1. The van der Waals surface area contributed by atoms with Gasteiger partial charge in [-0.3, -0.25) is 4.90 Å². The van der Waals surface area contributed by atoms with E-state index >= 15 is 0 Å². The van der Waals surface area contributed by atoms with Gasteiger partial charge in [0.2, 0.25) is 5.16 Å². The quantitative estimate of drug-likeness (QED) is 0.781. The van der Waals surface area contributed by atoms with E-state index in [9.17, 15) is 5.11 Å². The molecule has 0 bridgehead atoms. The molecule has 1 atom stereocenters. The van der Waals surface area contributed by atoms with Crippen LogP contribution in [-0.4, -0.2) is 74.9 Å². The Morgan fingerprint density at radius 1 is 1.26 bits per heavy atom. The van der Waals surface area contributed by atoms with Gasteiger partial charge in [-0.25, -0.2) is 0 Å². The Hall–Kier alpha value is -1.48. The van der Waals surface area contributed by atoms with Crippen LogP contribution in [0.25, 0.3) is 5.69 Å². The highest BCUT2D eigenvalue weighted by atomic mass is 32.2. The normalized spacial score (nSPS) is 17.3. The summed E-state index contributed by atoms with van der Waals surface area (Å²) in [6.45, 7) is 5.94. The number of thioether (sulfide) groups is 1. The Morgan fingerprint density at radius 2 is 2.00 bits per heavy atom. The van der Waals surface area contributed by atoms with Gasteiger partial charge in [0, 0.05) is 25.4 Å². The minimum atomic E-state index is -0.415. The van der Waals surface area contributed by atoms with Gasteiger partial charge in [-0.1, -0.05) is 29.5 Å². The fourth-order valence-electron chi connectivity index (χ4n) is 2.42. The maximum atomic E-state index is 10.2. The van der Waals surface area contributed by atoms with Crippen LogP contribution in [0.5, 0.6) is 0 Å². The number of tetrazole rings is 1. The van der Waals surface area contributed by atoms with E-state index < -0.39 is 6.10 Å². The Bertz CT molecular complexity index is 613. The first-order chi connectivity index (χ1) is 11.2. The molecule has 8 heteroatoms. The van der Waals surface area contributed by atoms with Crippen LogP contribution in [0.4, 0.5) is 0 Å². The van der Waals surface area contributed by atoms with E-state index in [2.05, 4.69) is 20.4 Å². The number of rotatable bonds is 6. The molecule has 1 fully saturated rings. The molecule has 0 amide bonds. The molecule has 1 saturated heterocycles. The highest BCUT2D eigenvalue weighted by Gasteiger charge is 2.17.